The third-order valence-corrected chi connectivity index (χ3v) is 4.45. The predicted molar refractivity (Wildman–Crippen MR) is 95.2 cm³/mol. The number of thioether (sulfide) groups is 1. The van der Waals surface area contributed by atoms with E-state index < -0.39 is 0 Å². The van der Waals surface area contributed by atoms with E-state index in [-0.39, 0.29) is 12.5 Å². The molecule has 23 heavy (non-hydrogen) atoms. The summed E-state index contributed by atoms with van der Waals surface area (Å²) in [7, 11) is 0. The summed E-state index contributed by atoms with van der Waals surface area (Å²) in [6.07, 6.45) is 0.710. The van der Waals surface area contributed by atoms with Crippen LogP contribution in [0.3, 0.4) is 0 Å². The third kappa shape index (κ3) is 6.08. The smallest absolute Gasteiger partial charge is 0.257 e. The van der Waals surface area contributed by atoms with Crippen molar-refractivity contribution >= 4 is 39.9 Å². The van der Waals surface area contributed by atoms with Crippen molar-refractivity contribution in [1.82, 2.24) is 5.32 Å². The average Bonchev–Trinajstić information content (AvgIpc) is 2.58. The quantitative estimate of drug-likeness (QED) is 0.423. The SMILES string of the molecule is O=Cc1ccccc1OCC(=O)NCCSc1ccc(Br)cc1. The summed E-state index contributed by atoms with van der Waals surface area (Å²) in [4.78, 5) is 23.7. The lowest BCUT2D eigenvalue weighted by molar-refractivity contribution is -0.122. The molecule has 0 aliphatic carbocycles. The van der Waals surface area contributed by atoms with Crippen LogP contribution in [0, 0.1) is 0 Å². The standard InChI is InChI=1S/C17H16BrNO3S/c18-14-5-7-15(8-6-14)23-10-9-19-17(21)12-22-16-4-2-1-3-13(16)11-20/h1-8,11H,9-10,12H2,(H,19,21). The second-order valence-electron chi connectivity index (χ2n) is 4.60. The summed E-state index contributed by atoms with van der Waals surface area (Å²) in [5.74, 6) is 0.988. The molecule has 0 aliphatic heterocycles. The third-order valence-electron chi connectivity index (χ3n) is 2.91. The van der Waals surface area contributed by atoms with Gasteiger partial charge in [-0.05, 0) is 36.4 Å². The fourth-order valence-corrected chi connectivity index (χ4v) is 2.83. The molecule has 0 spiro atoms. The van der Waals surface area contributed by atoms with E-state index in [4.69, 9.17) is 4.74 Å². The van der Waals surface area contributed by atoms with Crippen LogP contribution in [0.25, 0.3) is 0 Å². The van der Waals surface area contributed by atoms with Gasteiger partial charge in [-0.15, -0.1) is 11.8 Å². The van der Waals surface area contributed by atoms with Crippen LogP contribution in [-0.4, -0.2) is 31.1 Å². The number of amides is 1. The van der Waals surface area contributed by atoms with Gasteiger partial charge in [0, 0.05) is 21.7 Å². The van der Waals surface area contributed by atoms with Crippen LogP contribution < -0.4 is 10.1 Å². The number of halogens is 1. The van der Waals surface area contributed by atoms with Crippen LogP contribution in [0.5, 0.6) is 5.75 Å². The number of carbonyl (C=O) groups excluding carboxylic acids is 2. The minimum absolute atomic E-state index is 0.103. The summed E-state index contributed by atoms with van der Waals surface area (Å²) in [5, 5.41) is 2.79. The number of carbonyl (C=O) groups is 2. The first-order valence-electron chi connectivity index (χ1n) is 7.01. The molecule has 1 amide bonds. The Balaban J connectivity index is 1.67. The van der Waals surface area contributed by atoms with Gasteiger partial charge in [0.25, 0.3) is 5.91 Å². The van der Waals surface area contributed by atoms with Gasteiger partial charge in [-0.2, -0.15) is 0 Å². The van der Waals surface area contributed by atoms with Gasteiger partial charge in [-0.1, -0.05) is 28.1 Å². The van der Waals surface area contributed by atoms with Gasteiger partial charge < -0.3 is 10.1 Å². The van der Waals surface area contributed by atoms with E-state index in [1.165, 1.54) is 0 Å². The normalized spacial score (nSPS) is 10.1. The van der Waals surface area contributed by atoms with Crippen molar-refractivity contribution in [2.24, 2.45) is 0 Å². The van der Waals surface area contributed by atoms with Crippen LogP contribution in [0.1, 0.15) is 10.4 Å². The maximum Gasteiger partial charge on any atom is 0.257 e. The monoisotopic (exact) mass is 393 g/mol. The molecular formula is C17H16BrNO3S. The Morgan fingerprint density at radius 1 is 1.17 bits per heavy atom. The van der Waals surface area contributed by atoms with Gasteiger partial charge in [-0.25, -0.2) is 0 Å². The lowest BCUT2D eigenvalue weighted by atomic mass is 10.2. The van der Waals surface area contributed by atoms with Gasteiger partial charge in [-0.3, -0.25) is 9.59 Å². The van der Waals surface area contributed by atoms with Crippen LogP contribution in [0.15, 0.2) is 57.9 Å². The van der Waals surface area contributed by atoms with Gasteiger partial charge in [0.05, 0.1) is 5.56 Å². The summed E-state index contributed by atoms with van der Waals surface area (Å²) < 4.78 is 6.41. The maximum atomic E-state index is 11.7. The summed E-state index contributed by atoms with van der Waals surface area (Å²) in [5.41, 5.74) is 0.436. The first-order valence-corrected chi connectivity index (χ1v) is 8.79. The van der Waals surface area contributed by atoms with E-state index in [1.807, 2.05) is 24.3 Å². The molecule has 0 atom stereocenters. The molecule has 0 saturated carbocycles. The van der Waals surface area contributed by atoms with E-state index in [9.17, 15) is 9.59 Å². The van der Waals surface area contributed by atoms with E-state index in [0.29, 0.717) is 24.1 Å². The second kappa shape index (κ2) is 9.37. The number of benzene rings is 2. The molecule has 2 aromatic carbocycles. The lowest BCUT2D eigenvalue weighted by Crippen LogP contribution is -2.30. The van der Waals surface area contributed by atoms with Crippen LogP contribution in [0.4, 0.5) is 0 Å². The van der Waals surface area contributed by atoms with E-state index in [2.05, 4.69) is 21.2 Å². The van der Waals surface area contributed by atoms with Crippen molar-refractivity contribution < 1.29 is 14.3 Å². The van der Waals surface area contributed by atoms with Gasteiger partial charge in [0.1, 0.15) is 5.75 Å². The Labute approximate surface area is 147 Å². The number of rotatable bonds is 8. The molecule has 0 bridgehead atoms. The Hall–Kier alpha value is -1.79. The maximum absolute atomic E-state index is 11.7. The Kier molecular flexibility index (Phi) is 7.16. The second-order valence-corrected chi connectivity index (χ2v) is 6.68. The van der Waals surface area contributed by atoms with Gasteiger partial charge in [0.15, 0.2) is 12.9 Å². The molecule has 0 aliphatic rings. The molecule has 2 aromatic rings. The van der Waals surface area contributed by atoms with Crippen molar-refractivity contribution in [2.45, 2.75) is 4.90 Å². The number of aldehydes is 1. The highest BCUT2D eigenvalue weighted by Crippen LogP contribution is 2.20. The van der Waals surface area contributed by atoms with Crippen molar-refractivity contribution in [3.8, 4) is 5.75 Å². The van der Waals surface area contributed by atoms with Crippen molar-refractivity contribution in [3.63, 3.8) is 0 Å². The largest absolute Gasteiger partial charge is 0.483 e. The number of hydrogen-bond donors (Lipinski definition) is 1. The first-order chi connectivity index (χ1) is 11.2. The highest BCUT2D eigenvalue weighted by atomic mass is 79.9. The molecule has 120 valence electrons. The van der Waals surface area contributed by atoms with Crippen molar-refractivity contribution in [2.75, 3.05) is 18.9 Å². The van der Waals surface area contributed by atoms with Crippen LogP contribution >= 0.6 is 27.7 Å². The van der Waals surface area contributed by atoms with E-state index in [1.54, 1.807) is 36.0 Å². The lowest BCUT2D eigenvalue weighted by Gasteiger charge is -2.09. The van der Waals surface area contributed by atoms with Gasteiger partial charge in [0.2, 0.25) is 0 Å². The molecule has 0 radical (unpaired) electrons. The molecule has 6 heteroatoms. The molecule has 0 aromatic heterocycles. The Morgan fingerprint density at radius 2 is 1.91 bits per heavy atom. The number of nitrogens with one attached hydrogen (secondary N) is 1. The zero-order chi connectivity index (χ0) is 16.5. The highest BCUT2D eigenvalue weighted by Gasteiger charge is 2.05. The molecule has 2 rings (SSSR count). The van der Waals surface area contributed by atoms with E-state index >= 15 is 0 Å². The predicted octanol–water partition coefficient (Wildman–Crippen LogP) is 3.55. The number of para-hydroxylation sites is 1. The van der Waals surface area contributed by atoms with Crippen LogP contribution in [0.2, 0.25) is 0 Å². The summed E-state index contributed by atoms with van der Waals surface area (Å²) in [6.45, 7) is 0.450. The minimum Gasteiger partial charge on any atom is -0.483 e. The average molecular weight is 394 g/mol. The van der Waals surface area contributed by atoms with Crippen LogP contribution in [-0.2, 0) is 4.79 Å². The molecule has 0 fully saturated rings. The summed E-state index contributed by atoms with van der Waals surface area (Å²) >= 11 is 5.06. The Bertz CT molecular complexity index is 661. The topological polar surface area (TPSA) is 55.4 Å². The molecule has 4 nitrogen and oxygen atoms in total. The minimum atomic E-state index is -0.206. The zero-order valence-corrected chi connectivity index (χ0v) is 14.7. The first kappa shape index (κ1) is 17.6. The molecule has 0 saturated heterocycles. The Morgan fingerprint density at radius 3 is 2.65 bits per heavy atom. The van der Waals surface area contributed by atoms with E-state index in [0.717, 1.165) is 15.1 Å². The molecule has 0 heterocycles. The fourth-order valence-electron chi connectivity index (χ4n) is 1.79. The van der Waals surface area contributed by atoms with Crippen molar-refractivity contribution in [1.29, 1.82) is 0 Å². The van der Waals surface area contributed by atoms with Gasteiger partial charge >= 0.3 is 0 Å². The fraction of sp³-hybridized carbons (Fsp3) is 0.176. The summed E-state index contributed by atoms with van der Waals surface area (Å²) in [6, 6.07) is 14.8. The highest BCUT2D eigenvalue weighted by molar-refractivity contribution is 9.10. The molecule has 0 unspecified atom stereocenters. The molecule has 1 N–H and O–H groups in total. The number of ether oxygens (including phenoxy) is 1. The van der Waals surface area contributed by atoms with Crippen molar-refractivity contribution in [3.05, 3.63) is 58.6 Å². The molecular weight excluding hydrogens is 378 g/mol. The number of hydrogen-bond acceptors (Lipinski definition) is 4. The zero-order valence-electron chi connectivity index (χ0n) is 12.3.